The van der Waals surface area contributed by atoms with Gasteiger partial charge in [0.15, 0.2) is 17.0 Å². The molecule has 3 rings (SSSR count). The SMILES string of the molecule is CCCC(C)Nc1nc(N)nc2c1ncn2CCOCP(O)Oc1ccccc1. The minimum atomic E-state index is -1.69. The molecule has 2 atom stereocenters. The number of aromatic nitrogens is 4. The minimum Gasteiger partial charge on any atom is -0.446 e. The Labute approximate surface area is 171 Å². The fourth-order valence-electron chi connectivity index (χ4n) is 2.90. The third-order valence-corrected chi connectivity index (χ3v) is 5.04. The zero-order valence-electron chi connectivity index (χ0n) is 16.7. The summed E-state index contributed by atoms with van der Waals surface area (Å²) >= 11 is 0. The molecular formula is C19H27N6O3P. The molecule has 0 saturated heterocycles. The van der Waals surface area contributed by atoms with Gasteiger partial charge in [0.1, 0.15) is 12.1 Å². The third kappa shape index (κ3) is 6.00. The number of ether oxygens (including phenoxy) is 1. The van der Waals surface area contributed by atoms with E-state index in [4.69, 9.17) is 15.0 Å². The fraction of sp³-hybridized carbons (Fsp3) is 0.421. The first-order valence-electron chi connectivity index (χ1n) is 9.59. The van der Waals surface area contributed by atoms with Gasteiger partial charge in [-0.2, -0.15) is 9.97 Å². The highest BCUT2D eigenvalue weighted by atomic mass is 31.2. The predicted octanol–water partition coefficient (Wildman–Crippen LogP) is 3.37. The van der Waals surface area contributed by atoms with Gasteiger partial charge in [0.25, 0.3) is 8.38 Å². The Balaban J connectivity index is 1.56. The van der Waals surface area contributed by atoms with E-state index in [0.717, 1.165) is 12.8 Å². The Hall–Kier alpha value is -2.48. The van der Waals surface area contributed by atoms with E-state index in [1.165, 1.54) is 0 Å². The molecule has 0 radical (unpaired) electrons. The quantitative estimate of drug-likeness (QED) is 0.320. The molecule has 0 bridgehead atoms. The molecule has 2 aromatic heterocycles. The summed E-state index contributed by atoms with van der Waals surface area (Å²) in [4.78, 5) is 23.0. The average molecular weight is 418 g/mol. The number of nitrogens with two attached hydrogens (primary N) is 1. The Morgan fingerprint density at radius 2 is 2.07 bits per heavy atom. The number of benzene rings is 1. The molecule has 156 valence electrons. The van der Waals surface area contributed by atoms with Crippen molar-refractivity contribution in [2.24, 2.45) is 0 Å². The van der Waals surface area contributed by atoms with E-state index in [2.05, 4.69) is 34.1 Å². The first-order chi connectivity index (χ1) is 14.1. The zero-order chi connectivity index (χ0) is 20.6. The van der Waals surface area contributed by atoms with Gasteiger partial charge >= 0.3 is 0 Å². The molecule has 9 nitrogen and oxygen atoms in total. The van der Waals surface area contributed by atoms with Crippen LogP contribution >= 0.6 is 8.38 Å². The van der Waals surface area contributed by atoms with Crippen molar-refractivity contribution in [2.75, 3.05) is 24.0 Å². The largest absolute Gasteiger partial charge is 0.446 e. The number of fused-ring (bicyclic) bond motifs is 1. The van der Waals surface area contributed by atoms with Gasteiger partial charge in [-0.3, -0.25) is 0 Å². The fourth-order valence-corrected chi connectivity index (χ4v) is 3.60. The number of anilines is 2. The molecule has 0 spiro atoms. The van der Waals surface area contributed by atoms with Crippen LogP contribution in [0.2, 0.25) is 0 Å². The maximum Gasteiger partial charge on any atom is 0.255 e. The molecule has 1 aromatic carbocycles. The van der Waals surface area contributed by atoms with Crippen molar-refractivity contribution in [3.63, 3.8) is 0 Å². The van der Waals surface area contributed by atoms with Crippen LogP contribution in [0.4, 0.5) is 11.8 Å². The smallest absolute Gasteiger partial charge is 0.255 e. The summed E-state index contributed by atoms with van der Waals surface area (Å²) in [6, 6.07) is 9.44. The lowest BCUT2D eigenvalue weighted by molar-refractivity contribution is 0.160. The number of nitrogens with zero attached hydrogens (tertiary/aromatic N) is 4. The van der Waals surface area contributed by atoms with Gasteiger partial charge in [0, 0.05) is 12.6 Å². The second-order valence-electron chi connectivity index (χ2n) is 6.67. The van der Waals surface area contributed by atoms with Gasteiger partial charge in [0.05, 0.1) is 12.9 Å². The highest BCUT2D eigenvalue weighted by Crippen LogP contribution is 2.33. The average Bonchev–Trinajstić information content (AvgIpc) is 3.09. The maximum absolute atomic E-state index is 9.98. The van der Waals surface area contributed by atoms with Gasteiger partial charge in [-0.05, 0) is 25.5 Å². The number of hydrogen-bond acceptors (Lipinski definition) is 8. The lowest BCUT2D eigenvalue weighted by Gasteiger charge is -2.14. The summed E-state index contributed by atoms with van der Waals surface area (Å²) in [7, 11) is -1.69. The van der Waals surface area contributed by atoms with Crippen LogP contribution in [-0.2, 0) is 11.3 Å². The minimum absolute atomic E-state index is 0.120. The number of rotatable bonds is 11. The van der Waals surface area contributed by atoms with Gasteiger partial charge in [-0.25, -0.2) is 4.98 Å². The van der Waals surface area contributed by atoms with Crippen LogP contribution in [0.5, 0.6) is 5.75 Å². The van der Waals surface area contributed by atoms with Crippen molar-refractivity contribution in [3.05, 3.63) is 36.7 Å². The number of nitrogens with one attached hydrogen (secondary N) is 1. The molecule has 4 N–H and O–H groups in total. The van der Waals surface area contributed by atoms with E-state index in [-0.39, 0.29) is 18.3 Å². The molecule has 3 aromatic rings. The Kier molecular flexibility index (Phi) is 7.57. The molecule has 0 aliphatic heterocycles. The van der Waals surface area contributed by atoms with Crippen LogP contribution in [-0.4, -0.2) is 43.4 Å². The predicted molar refractivity (Wildman–Crippen MR) is 115 cm³/mol. The van der Waals surface area contributed by atoms with E-state index < -0.39 is 8.38 Å². The Bertz CT molecular complexity index is 908. The van der Waals surface area contributed by atoms with E-state index in [1.807, 2.05) is 22.8 Å². The zero-order valence-corrected chi connectivity index (χ0v) is 17.5. The molecule has 29 heavy (non-hydrogen) atoms. The maximum atomic E-state index is 9.98. The molecule has 0 aliphatic rings. The summed E-state index contributed by atoms with van der Waals surface area (Å²) in [6.07, 6.45) is 3.91. The molecule has 0 aliphatic carbocycles. The van der Waals surface area contributed by atoms with Crippen LogP contribution in [0.25, 0.3) is 11.2 Å². The molecule has 2 unspecified atom stereocenters. The van der Waals surface area contributed by atoms with E-state index >= 15 is 0 Å². The summed E-state index contributed by atoms with van der Waals surface area (Å²) in [5.41, 5.74) is 7.22. The third-order valence-electron chi connectivity index (χ3n) is 4.22. The topological polar surface area (TPSA) is 120 Å². The summed E-state index contributed by atoms with van der Waals surface area (Å²) in [6.45, 7) is 5.14. The van der Waals surface area contributed by atoms with Crippen molar-refractivity contribution in [1.29, 1.82) is 0 Å². The van der Waals surface area contributed by atoms with Crippen LogP contribution in [0, 0.1) is 0 Å². The monoisotopic (exact) mass is 418 g/mol. The van der Waals surface area contributed by atoms with Gasteiger partial charge in [0.2, 0.25) is 5.95 Å². The standard InChI is InChI=1S/C19H27N6O3P/c1-3-7-14(2)22-17-16-18(24-19(20)23-17)25(12-21-16)10-11-27-13-29(26)28-15-8-5-4-6-9-15/h4-6,8-9,12,14,26H,3,7,10-11,13H2,1-2H3,(H3,20,22,23,24). The second kappa shape index (κ2) is 10.3. The molecule has 0 fully saturated rings. The molecule has 2 heterocycles. The number of hydrogen-bond donors (Lipinski definition) is 3. The van der Waals surface area contributed by atoms with Gasteiger partial charge in [-0.1, -0.05) is 31.5 Å². The van der Waals surface area contributed by atoms with Gasteiger partial charge < -0.3 is 29.8 Å². The van der Waals surface area contributed by atoms with E-state index in [0.29, 0.717) is 35.9 Å². The van der Waals surface area contributed by atoms with Crippen LogP contribution in [0.1, 0.15) is 26.7 Å². The lowest BCUT2D eigenvalue weighted by Crippen LogP contribution is -2.17. The Morgan fingerprint density at radius 1 is 1.28 bits per heavy atom. The number of para-hydroxylation sites is 1. The van der Waals surface area contributed by atoms with Crippen molar-refractivity contribution in [3.8, 4) is 5.75 Å². The van der Waals surface area contributed by atoms with E-state index in [1.54, 1.807) is 18.5 Å². The van der Waals surface area contributed by atoms with Crippen molar-refractivity contribution in [2.45, 2.75) is 39.3 Å². The number of nitrogen functional groups attached to an aromatic ring is 1. The second-order valence-corrected chi connectivity index (χ2v) is 7.81. The summed E-state index contributed by atoms with van der Waals surface area (Å²) < 4.78 is 12.9. The molecular weight excluding hydrogens is 391 g/mol. The van der Waals surface area contributed by atoms with Gasteiger partial charge in [-0.15, -0.1) is 0 Å². The number of imidazole rings is 1. The van der Waals surface area contributed by atoms with Crippen LogP contribution in [0.3, 0.4) is 0 Å². The normalized spacial score (nSPS) is 13.3. The van der Waals surface area contributed by atoms with Crippen LogP contribution in [0.15, 0.2) is 36.7 Å². The first kappa shape index (κ1) is 21.2. The van der Waals surface area contributed by atoms with Crippen molar-refractivity contribution >= 4 is 31.3 Å². The van der Waals surface area contributed by atoms with Crippen molar-refractivity contribution < 1.29 is 14.2 Å². The van der Waals surface area contributed by atoms with Crippen molar-refractivity contribution in [1.82, 2.24) is 19.5 Å². The van der Waals surface area contributed by atoms with Crippen LogP contribution < -0.4 is 15.6 Å². The first-order valence-corrected chi connectivity index (χ1v) is 11.0. The molecule has 0 amide bonds. The molecule has 0 saturated carbocycles. The summed E-state index contributed by atoms with van der Waals surface area (Å²) in [5.74, 6) is 1.46. The lowest BCUT2D eigenvalue weighted by atomic mass is 10.2. The molecule has 10 heteroatoms. The highest BCUT2D eigenvalue weighted by Gasteiger charge is 2.14. The summed E-state index contributed by atoms with van der Waals surface area (Å²) in [5, 5.41) is 3.36. The highest BCUT2D eigenvalue weighted by molar-refractivity contribution is 7.46. The van der Waals surface area contributed by atoms with E-state index in [9.17, 15) is 4.89 Å². The Morgan fingerprint density at radius 3 is 2.83 bits per heavy atom.